The molecule has 2 heterocycles. The van der Waals surface area contributed by atoms with E-state index in [1.165, 1.54) is 0 Å². The van der Waals surface area contributed by atoms with Crippen LogP contribution in [0.4, 0.5) is 5.82 Å². The number of hydrogen-bond donors (Lipinski definition) is 1. The van der Waals surface area contributed by atoms with Gasteiger partial charge in [0, 0.05) is 25.1 Å². The highest BCUT2D eigenvalue weighted by atomic mass is 35.5. The molecule has 1 N–H and O–H groups in total. The van der Waals surface area contributed by atoms with Crippen molar-refractivity contribution in [3.05, 3.63) is 17.0 Å². The minimum atomic E-state index is -0.186. The summed E-state index contributed by atoms with van der Waals surface area (Å²) in [5, 5.41) is 10.3. The lowest BCUT2D eigenvalue weighted by atomic mass is 9.92. The average molecular weight is 256 g/mol. The molecule has 4 nitrogen and oxygen atoms in total. The molecular weight excluding hydrogens is 238 g/mol. The summed E-state index contributed by atoms with van der Waals surface area (Å²) in [6.07, 6.45) is 1.59. The van der Waals surface area contributed by atoms with Crippen LogP contribution < -0.4 is 4.90 Å². The van der Waals surface area contributed by atoms with Gasteiger partial charge in [0.25, 0.3) is 0 Å². The van der Waals surface area contributed by atoms with Crippen molar-refractivity contribution in [2.45, 2.75) is 32.8 Å². The van der Waals surface area contributed by atoms with Gasteiger partial charge in [-0.15, -0.1) is 0 Å². The first-order valence-electron chi connectivity index (χ1n) is 6.04. The zero-order valence-corrected chi connectivity index (χ0v) is 11.0. The Morgan fingerprint density at radius 2 is 2.29 bits per heavy atom. The first kappa shape index (κ1) is 12.6. The van der Waals surface area contributed by atoms with Gasteiger partial charge in [-0.3, -0.25) is 0 Å². The number of anilines is 1. The van der Waals surface area contributed by atoms with Gasteiger partial charge < -0.3 is 10.0 Å². The summed E-state index contributed by atoms with van der Waals surface area (Å²) in [6.45, 7) is 5.61. The molecular formula is C12H18ClN3O. The smallest absolute Gasteiger partial charge is 0.134 e. The molecule has 1 saturated heterocycles. The highest BCUT2D eigenvalue weighted by Gasteiger charge is 2.27. The van der Waals surface area contributed by atoms with E-state index in [1.807, 2.05) is 6.92 Å². The molecule has 0 spiro atoms. The van der Waals surface area contributed by atoms with Crippen molar-refractivity contribution in [2.75, 3.05) is 18.0 Å². The first-order valence-corrected chi connectivity index (χ1v) is 6.42. The van der Waals surface area contributed by atoms with E-state index >= 15 is 0 Å². The van der Waals surface area contributed by atoms with Crippen LogP contribution in [-0.2, 0) is 0 Å². The normalized spacial score (nSPS) is 25.1. The van der Waals surface area contributed by atoms with E-state index in [9.17, 15) is 5.11 Å². The molecule has 2 atom stereocenters. The highest BCUT2D eigenvalue weighted by Crippen LogP contribution is 2.25. The molecule has 17 heavy (non-hydrogen) atoms. The van der Waals surface area contributed by atoms with Crippen LogP contribution in [0.2, 0.25) is 5.15 Å². The van der Waals surface area contributed by atoms with Gasteiger partial charge in [-0.05, 0) is 19.8 Å². The Hall–Kier alpha value is -0.870. The zero-order valence-electron chi connectivity index (χ0n) is 10.2. The number of halogens is 1. The fourth-order valence-corrected chi connectivity index (χ4v) is 2.53. The molecule has 0 bridgehead atoms. The summed E-state index contributed by atoms with van der Waals surface area (Å²) in [5.41, 5.74) is 0. The first-order chi connectivity index (χ1) is 8.10. The van der Waals surface area contributed by atoms with Gasteiger partial charge in [-0.1, -0.05) is 18.5 Å². The molecule has 1 aliphatic heterocycles. The summed E-state index contributed by atoms with van der Waals surface area (Å²) in [4.78, 5) is 10.6. The monoisotopic (exact) mass is 255 g/mol. The topological polar surface area (TPSA) is 49.2 Å². The van der Waals surface area contributed by atoms with Gasteiger partial charge in [-0.2, -0.15) is 0 Å². The molecule has 0 saturated carbocycles. The number of rotatable bonds is 2. The Morgan fingerprint density at radius 3 is 2.94 bits per heavy atom. The van der Waals surface area contributed by atoms with Crippen LogP contribution in [-0.4, -0.2) is 34.3 Å². The van der Waals surface area contributed by atoms with Crippen molar-refractivity contribution in [3.8, 4) is 0 Å². The zero-order chi connectivity index (χ0) is 12.4. The summed E-state index contributed by atoms with van der Waals surface area (Å²) in [7, 11) is 0. The Morgan fingerprint density at radius 1 is 1.53 bits per heavy atom. The third kappa shape index (κ3) is 2.87. The van der Waals surface area contributed by atoms with Crippen molar-refractivity contribution in [1.82, 2.24) is 9.97 Å². The second kappa shape index (κ2) is 5.19. The Kier molecular flexibility index (Phi) is 3.84. The molecule has 2 rings (SSSR count). The molecule has 0 amide bonds. The van der Waals surface area contributed by atoms with E-state index < -0.39 is 0 Å². The second-order valence-electron chi connectivity index (χ2n) is 4.57. The molecule has 1 aromatic rings. The number of nitrogens with zero attached hydrogens (tertiary/aromatic N) is 3. The van der Waals surface area contributed by atoms with Gasteiger partial charge in [0.05, 0.1) is 6.10 Å². The van der Waals surface area contributed by atoms with Crippen molar-refractivity contribution in [2.24, 2.45) is 5.92 Å². The van der Waals surface area contributed by atoms with Crippen LogP contribution in [0.1, 0.15) is 25.6 Å². The molecule has 1 aliphatic rings. The maximum Gasteiger partial charge on any atom is 0.134 e. The number of aliphatic hydroxyl groups excluding tert-OH is 1. The van der Waals surface area contributed by atoms with E-state index in [-0.39, 0.29) is 6.10 Å². The van der Waals surface area contributed by atoms with Gasteiger partial charge in [0.1, 0.15) is 16.8 Å². The molecule has 0 aliphatic carbocycles. The third-order valence-electron chi connectivity index (χ3n) is 3.34. The molecule has 1 fully saturated rings. The van der Waals surface area contributed by atoms with Crippen LogP contribution in [0.3, 0.4) is 0 Å². The number of hydrogen-bond acceptors (Lipinski definition) is 4. The molecule has 5 heteroatoms. The molecule has 1 aromatic heterocycles. The summed E-state index contributed by atoms with van der Waals surface area (Å²) in [6, 6.07) is 1.79. The summed E-state index contributed by atoms with van der Waals surface area (Å²) in [5.74, 6) is 1.87. The minimum Gasteiger partial charge on any atom is -0.393 e. The Balaban J connectivity index is 2.17. The van der Waals surface area contributed by atoms with E-state index in [4.69, 9.17) is 11.6 Å². The molecule has 0 radical (unpaired) electrons. The molecule has 0 unspecified atom stereocenters. The predicted molar refractivity (Wildman–Crippen MR) is 68.4 cm³/mol. The Bertz CT molecular complexity index is 379. The lowest BCUT2D eigenvalue weighted by Crippen LogP contribution is -2.43. The quantitative estimate of drug-likeness (QED) is 0.822. The number of piperidine rings is 1. The van der Waals surface area contributed by atoms with Gasteiger partial charge in [0.2, 0.25) is 0 Å². The Labute approximate surface area is 107 Å². The van der Waals surface area contributed by atoms with E-state index in [0.717, 1.165) is 31.7 Å². The number of aliphatic hydroxyl groups is 1. The lowest BCUT2D eigenvalue weighted by Gasteiger charge is -2.36. The lowest BCUT2D eigenvalue weighted by molar-refractivity contribution is 0.0858. The molecule has 0 aromatic carbocycles. The van der Waals surface area contributed by atoms with Crippen molar-refractivity contribution >= 4 is 17.4 Å². The number of aryl methyl sites for hydroxylation is 1. The second-order valence-corrected chi connectivity index (χ2v) is 4.95. The van der Waals surface area contributed by atoms with Crippen molar-refractivity contribution < 1.29 is 5.11 Å². The fourth-order valence-electron chi connectivity index (χ4n) is 2.31. The van der Waals surface area contributed by atoms with Crippen LogP contribution in [0.5, 0.6) is 0 Å². The van der Waals surface area contributed by atoms with Crippen molar-refractivity contribution in [3.63, 3.8) is 0 Å². The van der Waals surface area contributed by atoms with E-state index in [2.05, 4.69) is 21.8 Å². The summed E-state index contributed by atoms with van der Waals surface area (Å²) >= 11 is 5.94. The van der Waals surface area contributed by atoms with E-state index in [1.54, 1.807) is 6.07 Å². The maximum absolute atomic E-state index is 9.86. The predicted octanol–water partition coefficient (Wildman–Crippen LogP) is 2.04. The number of aromatic nitrogens is 2. The van der Waals surface area contributed by atoms with Gasteiger partial charge in [0.15, 0.2) is 0 Å². The van der Waals surface area contributed by atoms with E-state index in [0.29, 0.717) is 16.9 Å². The maximum atomic E-state index is 9.86. The SMILES string of the molecule is CC[C@@H]1CN(c2cc(Cl)nc(C)n2)CC[C@H]1O. The van der Waals surface area contributed by atoms with Gasteiger partial charge in [-0.25, -0.2) is 9.97 Å². The standard InChI is InChI=1S/C12H18ClN3O/c1-3-9-7-16(5-4-10(9)17)12-6-11(13)14-8(2)15-12/h6,9-10,17H,3-5,7H2,1-2H3/t9-,10-/m1/s1. The third-order valence-corrected chi connectivity index (χ3v) is 3.53. The van der Waals surface area contributed by atoms with Crippen LogP contribution in [0.25, 0.3) is 0 Å². The van der Waals surface area contributed by atoms with Crippen molar-refractivity contribution in [1.29, 1.82) is 0 Å². The highest BCUT2D eigenvalue weighted by molar-refractivity contribution is 6.29. The van der Waals surface area contributed by atoms with Crippen LogP contribution >= 0.6 is 11.6 Å². The molecule has 94 valence electrons. The average Bonchev–Trinajstić information content (AvgIpc) is 2.28. The largest absolute Gasteiger partial charge is 0.393 e. The summed E-state index contributed by atoms with van der Waals surface area (Å²) < 4.78 is 0. The fraction of sp³-hybridized carbons (Fsp3) is 0.667. The van der Waals surface area contributed by atoms with Crippen LogP contribution in [0, 0.1) is 12.8 Å². The van der Waals surface area contributed by atoms with Gasteiger partial charge >= 0.3 is 0 Å². The minimum absolute atomic E-state index is 0.186. The van der Waals surface area contributed by atoms with Crippen LogP contribution in [0.15, 0.2) is 6.07 Å².